The van der Waals surface area contributed by atoms with Crippen LogP contribution < -0.4 is 0 Å². The molecular formula is C24H21N3O3S. The minimum Gasteiger partial charge on any atom is -0.478 e. The normalized spacial score (nSPS) is 12.0. The number of thiophene rings is 1. The van der Waals surface area contributed by atoms with E-state index in [4.69, 9.17) is 0 Å². The standard InChI is InChI=1S/C24H21N3O3S/c1-2-3-12-27-21(20(24(29)30)18-5-4-11-26-23(18)27)22(28)16-8-6-15(7-9-16)17-10-13-31-19(17)14-25/h4-11,13,22,28H,2-3,12H2,1H3,(H,29,30). The Morgan fingerprint density at radius 2 is 2.03 bits per heavy atom. The van der Waals surface area contributed by atoms with E-state index in [0.29, 0.717) is 33.7 Å². The Morgan fingerprint density at radius 3 is 2.71 bits per heavy atom. The Kier molecular flexibility index (Phi) is 5.85. The maximum absolute atomic E-state index is 12.2. The maximum atomic E-state index is 12.2. The summed E-state index contributed by atoms with van der Waals surface area (Å²) in [4.78, 5) is 17.2. The summed E-state index contributed by atoms with van der Waals surface area (Å²) in [5.74, 6) is -1.09. The highest BCUT2D eigenvalue weighted by molar-refractivity contribution is 7.11. The first-order chi connectivity index (χ1) is 15.1. The van der Waals surface area contributed by atoms with Crippen LogP contribution in [0.3, 0.4) is 0 Å². The number of aromatic carboxylic acids is 1. The van der Waals surface area contributed by atoms with Crippen molar-refractivity contribution < 1.29 is 15.0 Å². The van der Waals surface area contributed by atoms with Crippen LogP contribution in [0.5, 0.6) is 0 Å². The van der Waals surface area contributed by atoms with E-state index in [-0.39, 0.29) is 5.56 Å². The molecule has 0 radical (unpaired) electrons. The van der Waals surface area contributed by atoms with Crippen molar-refractivity contribution in [3.05, 3.63) is 75.7 Å². The Labute approximate surface area is 183 Å². The van der Waals surface area contributed by atoms with E-state index in [1.54, 1.807) is 30.5 Å². The largest absolute Gasteiger partial charge is 0.478 e. The SMILES string of the molecule is CCCCn1c(C(O)c2ccc(-c3ccsc3C#N)cc2)c(C(=O)O)c2cccnc21. The van der Waals surface area contributed by atoms with Crippen molar-refractivity contribution in [2.45, 2.75) is 32.4 Å². The Balaban J connectivity index is 1.81. The molecule has 0 bridgehead atoms. The molecule has 1 atom stereocenters. The molecule has 0 aliphatic carbocycles. The number of aliphatic hydroxyl groups excluding tert-OH is 1. The molecular weight excluding hydrogens is 410 g/mol. The first-order valence-electron chi connectivity index (χ1n) is 10.0. The monoisotopic (exact) mass is 431 g/mol. The third-order valence-corrected chi connectivity index (χ3v) is 6.19. The van der Waals surface area contributed by atoms with Gasteiger partial charge in [-0.25, -0.2) is 9.78 Å². The molecule has 4 aromatic rings. The van der Waals surface area contributed by atoms with Crippen LogP contribution in [-0.4, -0.2) is 25.7 Å². The number of fused-ring (bicyclic) bond motifs is 1. The van der Waals surface area contributed by atoms with Gasteiger partial charge in [0.05, 0.1) is 11.3 Å². The van der Waals surface area contributed by atoms with Crippen LogP contribution in [0.25, 0.3) is 22.2 Å². The van der Waals surface area contributed by atoms with Crippen molar-refractivity contribution >= 4 is 28.3 Å². The smallest absolute Gasteiger partial charge is 0.338 e. The fourth-order valence-corrected chi connectivity index (χ4v) is 4.58. The number of hydrogen-bond acceptors (Lipinski definition) is 5. The zero-order valence-corrected chi connectivity index (χ0v) is 17.8. The number of carboxylic acids is 1. The molecule has 156 valence electrons. The summed E-state index contributed by atoms with van der Waals surface area (Å²) >= 11 is 1.38. The number of pyridine rings is 1. The van der Waals surface area contributed by atoms with E-state index in [1.807, 2.05) is 28.1 Å². The molecule has 0 aliphatic heterocycles. The molecule has 31 heavy (non-hydrogen) atoms. The first kappa shape index (κ1) is 20.8. The van der Waals surface area contributed by atoms with E-state index in [9.17, 15) is 20.3 Å². The summed E-state index contributed by atoms with van der Waals surface area (Å²) in [6.45, 7) is 2.63. The van der Waals surface area contributed by atoms with Gasteiger partial charge in [0, 0.05) is 23.7 Å². The van der Waals surface area contributed by atoms with E-state index < -0.39 is 12.1 Å². The number of rotatable bonds is 7. The molecule has 0 saturated heterocycles. The summed E-state index contributed by atoms with van der Waals surface area (Å²) in [5.41, 5.74) is 3.30. The molecule has 0 fully saturated rings. The number of carboxylic acid groups (broad SMARTS) is 1. The Hall–Kier alpha value is -3.47. The lowest BCUT2D eigenvalue weighted by Gasteiger charge is -2.17. The number of hydrogen-bond donors (Lipinski definition) is 2. The molecule has 6 nitrogen and oxygen atoms in total. The van der Waals surface area contributed by atoms with E-state index >= 15 is 0 Å². The number of benzene rings is 1. The van der Waals surface area contributed by atoms with Gasteiger partial charge in [0.1, 0.15) is 22.7 Å². The number of carbonyl (C=O) groups is 1. The van der Waals surface area contributed by atoms with Gasteiger partial charge in [0.15, 0.2) is 0 Å². The zero-order valence-electron chi connectivity index (χ0n) is 16.9. The minimum absolute atomic E-state index is 0.0837. The van der Waals surface area contributed by atoms with Crippen molar-refractivity contribution in [1.82, 2.24) is 9.55 Å². The van der Waals surface area contributed by atoms with Crippen molar-refractivity contribution in [3.63, 3.8) is 0 Å². The van der Waals surface area contributed by atoms with Gasteiger partial charge < -0.3 is 14.8 Å². The fraction of sp³-hybridized carbons (Fsp3) is 0.208. The highest BCUT2D eigenvalue weighted by Crippen LogP contribution is 2.35. The number of aliphatic hydroxyl groups is 1. The van der Waals surface area contributed by atoms with Crippen molar-refractivity contribution in [2.75, 3.05) is 0 Å². The van der Waals surface area contributed by atoms with Crippen LogP contribution in [0.2, 0.25) is 0 Å². The summed E-state index contributed by atoms with van der Waals surface area (Å²) in [6, 6.07) is 14.8. The van der Waals surface area contributed by atoms with E-state index in [1.165, 1.54) is 11.3 Å². The third-order valence-electron chi connectivity index (χ3n) is 5.37. The van der Waals surface area contributed by atoms with Gasteiger partial charge in [-0.2, -0.15) is 5.26 Å². The van der Waals surface area contributed by atoms with Gasteiger partial charge in [0.2, 0.25) is 0 Å². The van der Waals surface area contributed by atoms with Crippen LogP contribution in [0.1, 0.15) is 52.4 Å². The lowest BCUT2D eigenvalue weighted by molar-refractivity contribution is 0.0692. The van der Waals surface area contributed by atoms with Crippen LogP contribution >= 0.6 is 11.3 Å². The number of nitriles is 1. The van der Waals surface area contributed by atoms with Gasteiger partial charge in [-0.05, 0) is 41.1 Å². The van der Waals surface area contributed by atoms with Crippen LogP contribution in [0, 0.1) is 11.3 Å². The Morgan fingerprint density at radius 1 is 1.26 bits per heavy atom. The second kappa shape index (κ2) is 8.72. The quantitative estimate of drug-likeness (QED) is 0.418. The maximum Gasteiger partial charge on any atom is 0.338 e. The van der Waals surface area contributed by atoms with Crippen molar-refractivity contribution in [2.24, 2.45) is 0 Å². The first-order valence-corrected chi connectivity index (χ1v) is 10.9. The summed E-state index contributed by atoms with van der Waals surface area (Å²) in [7, 11) is 0. The molecule has 7 heteroatoms. The van der Waals surface area contributed by atoms with Gasteiger partial charge in [-0.15, -0.1) is 11.3 Å². The van der Waals surface area contributed by atoms with Crippen LogP contribution in [0.4, 0.5) is 0 Å². The molecule has 0 amide bonds. The summed E-state index contributed by atoms with van der Waals surface area (Å²) in [5, 5.41) is 32.9. The van der Waals surface area contributed by atoms with E-state index in [2.05, 4.69) is 18.0 Å². The van der Waals surface area contributed by atoms with Crippen molar-refractivity contribution in [3.8, 4) is 17.2 Å². The predicted octanol–water partition coefficient (Wildman–Crippen LogP) is 5.22. The highest BCUT2D eigenvalue weighted by atomic mass is 32.1. The van der Waals surface area contributed by atoms with Crippen LogP contribution in [0.15, 0.2) is 54.0 Å². The number of aromatic nitrogens is 2. The topological polar surface area (TPSA) is 99.1 Å². The van der Waals surface area contributed by atoms with Gasteiger partial charge >= 0.3 is 5.97 Å². The average molecular weight is 432 g/mol. The average Bonchev–Trinajstić information content (AvgIpc) is 3.39. The molecule has 1 aromatic carbocycles. The number of unbranched alkanes of at least 4 members (excludes halogenated alkanes) is 1. The van der Waals surface area contributed by atoms with Gasteiger partial charge in [-0.1, -0.05) is 37.6 Å². The van der Waals surface area contributed by atoms with Crippen molar-refractivity contribution in [1.29, 1.82) is 5.26 Å². The lowest BCUT2D eigenvalue weighted by atomic mass is 9.99. The zero-order chi connectivity index (χ0) is 22.0. The second-order valence-electron chi connectivity index (χ2n) is 7.24. The molecule has 4 rings (SSSR count). The Bertz CT molecular complexity index is 1280. The van der Waals surface area contributed by atoms with E-state index in [0.717, 1.165) is 24.0 Å². The number of nitrogens with zero attached hydrogens (tertiary/aromatic N) is 3. The third kappa shape index (κ3) is 3.72. The molecule has 2 N–H and O–H groups in total. The summed E-state index contributed by atoms with van der Waals surface area (Å²) in [6.07, 6.45) is 2.28. The highest BCUT2D eigenvalue weighted by Gasteiger charge is 2.28. The molecule has 0 saturated carbocycles. The molecule has 3 aromatic heterocycles. The fourth-order valence-electron chi connectivity index (χ4n) is 3.87. The molecule has 3 heterocycles. The molecule has 0 spiro atoms. The minimum atomic E-state index is -1.12. The lowest BCUT2D eigenvalue weighted by Crippen LogP contribution is -2.13. The second-order valence-corrected chi connectivity index (χ2v) is 8.16. The predicted molar refractivity (Wildman–Crippen MR) is 120 cm³/mol. The molecule has 0 aliphatic rings. The van der Waals surface area contributed by atoms with Gasteiger partial charge in [-0.3, -0.25) is 0 Å². The number of aryl methyl sites for hydroxylation is 1. The van der Waals surface area contributed by atoms with Gasteiger partial charge in [0.25, 0.3) is 0 Å². The summed E-state index contributed by atoms with van der Waals surface area (Å²) < 4.78 is 1.83. The van der Waals surface area contributed by atoms with Crippen LogP contribution in [-0.2, 0) is 6.54 Å². The molecule has 1 unspecified atom stereocenters.